The largest absolute Gasteiger partial charge is 0.490 e. The van der Waals surface area contributed by atoms with E-state index in [1.807, 2.05) is 6.92 Å². The standard InChI is InChI=1S/C11H13FO2/c1-2-3-6-14-11-7-9(8-13)4-5-10(11)12/h4-5,7-8H,2-3,6H2,1H3. The second kappa shape index (κ2) is 5.37. The number of ether oxygens (including phenoxy) is 1. The first kappa shape index (κ1) is 10.7. The van der Waals surface area contributed by atoms with Gasteiger partial charge in [0.05, 0.1) is 6.61 Å². The van der Waals surface area contributed by atoms with E-state index in [0.717, 1.165) is 12.8 Å². The van der Waals surface area contributed by atoms with Crippen LogP contribution in [0.3, 0.4) is 0 Å². The first-order valence-corrected chi connectivity index (χ1v) is 4.65. The Morgan fingerprint density at radius 3 is 2.93 bits per heavy atom. The van der Waals surface area contributed by atoms with Crippen molar-refractivity contribution in [3.63, 3.8) is 0 Å². The van der Waals surface area contributed by atoms with Gasteiger partial charge < -0.3 is 4.74 Å². The molecule has 0 aliphatic rings. The quantitative estimate of drug-likeness (QED) is 0.534. The zero-order valence-corrected chi connectivity index (χ0v) is 8.13. The summed E-state index contributed by atoms with van der Waals surface area (Å²) in [5.74, 6) is -0.269. The molecular formula is C11H13FO2. The fourth-order valence-corrected chi connectivity index (χ4v) is 1.03. The second-order valence-electron chi connectivity index (χ2n) is 3.01. The Labute approximate surface area is 82.7 Å². The maximum atomic E-state index is 13.1. The fraction of sp³-hybridized carbons (Fsp3) is 0.364. The van der Waals surface area contributed by atoms with Crippen LogP contribution in [0.5, 0.6) is 5.75 Å². The van der Waals surface area contributed by atoms with Crippen molar-refractivity contribution in [2.24, 2.45) is 0 Å². The predicted octanol–water partition coefficient (Wildman–Crippen LogP) is 2.82. The predicted molar refractivity (Wildman–Crippen MR) is 52.2 cm³/mol. The molecule has 0 aromatic heterocycles. The van der Waals surface area contributed by atoms with E-state index < -0.39 is 5.82 Å². The van der Waals surface area contributed by atoms with Gasteiger partial charge in [0.2, 0.25) is 0 Å². The second-order valence-corrected chi connectivity index (χ2v) is 3.01. The lowest BCUT2D eigenvalue weighted by Gasteiger charge is -2.06. The van der Waals surface area contributed by atoms with Gasteiger partial charge in [-0.3, -0.25) is 4.79 Å². The van der Waals surface area contributed by atoms with Gasteiger partial charge in [-0.25, -0.2) is 4.39 Å². The highest BCUT2D eigenvalue weighted by atomic mass is 19.1. The third kappa shape index (κ3) is 2.83. The van der Waals surface area contributed by atoms with E-state index in [4.69, 9.17) is 4.74 Å². The van der Waals surface area contributed by atoms with Gasteiger partial charge in [0.1, 0.15) is 6.29 Å². The summed E-state index contributed by atoms with van der Waals surface area (Å²) in [7, 11) is 0. The zero-order valence-electron chi connectivity index (χ0n) is 8.13. The molecule has 0 saturated heterocycles. The molecule has 2 nitrogen and oxygen atoms in total. The first-order chi connectivity index (χ1) is 6.77. The minimum Gasteiger partial charge on any atom is -0.490 e. The number of rotatable bonds is 5. The van der Waals surface area contributed by atoms with E-state index in [2.05, 4.69) is 0 Å². The van der Waals surface area contributed by atoms with Crippen molar-refractivity contribution in [2.75, 3.05) is 6.61 Å². The maximum absolute atomic E-state index is 13.1. The first-order valence-electron chi connectivity index (χ1n) is 4.65. The lowest BCUT2D eigenvalue weighted by Crippen LogP contribution is -1.99. The Bertz CT molecular complexity index is 310. The molecule has 0 radical (unpaired) electrons. The SMILES string of the molecule is CCCCOc1cc(C=O)ccc1F. The summed E-state index contributed by atoms with van der Waals surface area (Å²) in [6.45, 7) is 2.51. The highest BCUT2D eigenvalue weighted by Gasteiger charge is 2.03. The molecular weight excluding hydrogens is 183 g/mol. The van der Waals surface area contributed by atoms with Crippen molar-refractivity contribution in [1.29, 1.82) is 0 Å². The molecule has 0 spiro atoms. The molecule has 3 heteroatoms. The molecule has 1 aromatic rings. The fourth-order valence-electron chi connectivity index (χ4n) is 1.03. The number of hydrogen-bond donors (Lipinski definition) is 0. The minimum absolute atomic E-state index is 0.156. The van der Waals surface area contributed by atoms with Gasteiger partial charge in [0.15, 0.2) is 11.6 Å². The van der Waals surface area contributed by atoms with Crippen molar-refractivity contribution >= 4 is 6.29 Å². The van der Waals surface area contributed by atoms with Gasteiger partial charge in [0, 0.05) is 5.56 Å². The number of halogens is 1. The Kier molecular flexibility index (Phi) is 4.11. The average Bonchev–Trinajstić information content (AvgIpc) is 2.21. The average molecular weight is 196 g/mol. The Balaban J connectivity index is 2.68. The minimum atomic E-state index is -0.424. The monoisotopic (exact) mass is 196 g/mol. The van der Waals surface area contributed by atoms with E-state index >= 15 is 0 Å². The molecule has 0 N–H and O–H groups in total. The van der Waals surface area contributed by atoms with Gasteiger partial charge in [-0.05, 0) is 24.6 Å². The van der Waals surface area contributed by atoms with Gasteiger partial charge >= 0.3 is 0 Å². The Morgan fingerprint density at radius 2 is 2.29 bits per heavy atom. The lowest BCUT2D eigenvalue weighted by molar-refractivity contribution is 0.112. The summed E-state index contributed by atoms with van der Waals surface area (Å²) < 4.78 is 18.3. The van der Waals surface area contributed by atoms with Crippen molar-refractivity contribution in [2.45, 2.75) is 19.8 Å². The third-order valence-electron chi connectivity index (χ3n) is 1.85. The molecule has 0 saturated carbocycles. The molecule has 0 aliphatic carbocycles. The van der Waals surface area contributed by atoms with Gasteiger partial charge in [-0.2, -0.15) is 0 Å². The maximum Gasteiger partial charge on any atom is 0.165 e. The molecule has 0 aliphatic heterocycles. The van der Waals surface area contributed by atoms with Crippen LogP contribution in [0.4, 0.5) is 4.39 Å². The summed E-state index contributed by atoms with van der Waals surface area (Å²) in [6.07, 6.45) is 2.55. The highest BCUT2D eigenvalue weighted by Crippen LogP contribution is 2.18. The van der Waals surface area contributed by atoms with Gasteiger partial charge in [-0.1, -0.05) is 13.3 Å². The van der Waals surface area contributed by atoms with Gasteiger partial charge in [0.25, 0.3) is 0 Å². The zero-order chi connectivity index (χ0) is 10.4. The molecule has 1 aromatic carbocycles. The molecule has 0 bridgehead atoms. The van der Waals surface area contributed by atoms with Crippen molar-refractivity contribution < 1.29 is 13.9 Å². The van der Waals surface area contributed by atoms with Crippen LogP contribution in [0.15, 0.2) is 18.2 Å². The van der Waals surface area contributed by atoms with E-state index in [0.29, 0.717) is 18.5 Å². The molecule has 14 heavy (non-hydrogen) atoms. The van der Waals surface area contributed by atoms with Crippen LogP contribution >= 0.6 is 0 Å². The van der Waals surface area contributed by atoms with Crippen LogP contribution in [0.2, 0.25) is 0 Å². The summed E-state index contributed by atoms with van der Waals surface area (Å²) in [6, 6.07) is 4.08. The van der Waals surface area contributed by atoms with E-state index in [-0.39, 0.29) is 5.75 Å². The van der Waals surface area contributed by atoms with Crippen LogP contribution in [0.25, 0.3) is 0 Å². The number of aldehydes is 1. The number of carbonyl (C=O) groups is 1. The van der Waals surface area contributed by atoms with Crippen LogP contribution in [0, 0.1) is 5.82 Å². The Morgan fingerprint density at radius 1 is 1.50 bits per heavy atom. The number of hydrogen-bond acceptors (Lipinski definition) is 2. The van der Waals surface area contributed by atoms with Crippen molar-refractivity contribution in [1.82, 2.24) is 0 Å². The summed E-state index contributed by atoms with van der Waals surface area (Å²) in [5.41, 5.74) is 0.429. The van der Waals surface area contributed by atoms with Gasteiger partial charge in [-0.15, -0.1) is 0 Å². The van der Waals surface area contributed by atoms with E-state index in [1.165, 1.54) is 18.2 Å². The van der Waals surface area contributed by atoms with E-state index in [1.54, 1.807) is 0 Å². The lowest BCUT2D eigenvalue weighted by atomic mass is 10.2. The summed E-state index contributed by atoms with van der Waals surface area (Å²) in [5, 5.41) is 0. The summed E-state index contributed by atoms with van der Waals surface area (Å²) in [4.78, 5) is 10.4. The summed E-state index contributed by atoms with van der Waals surface area (Å²) >= 11 is 0. The number of unbranched alkanes of at least 4 members (excludes halogenated alkanes) is 1. The highest BCUT2D eigenvalue weighted by molar-refractivity contribution is 5.75. The van der Waals surface area contributed by atoms with E-state index in [9.17, 15) is 9.18 Å². The normalized spacial score (nSPS) is 9.86. The topological polar surface area (TPSA) is 26.3 Å². The Hall–Kier alpha value is -1.38. The molecule has 0 fully saturated rings. The molecule has 0 amide bonds. The van der Waals surface area contributed by atoms with Crippen molar-refractivity contribution in [3.05, 3.63) is 29.6 Å². The number of benzene rings is 1. The number of carbonyl (C=O) groups excluding carboxylic acids is 1. The van der Waals surface area contributed by atoms with Crippen LogP contribution < -0.4 is 4.74 Å². The van der Waals surface area contributed by atoms with Crippen LogP contribution in [-0.4, -0.2) is 12.9 Å². The molecule has 76 valence electrons. The van der Waals surface area contributed by atoms with Crippen molar-refractivity contribution in [3.8, 4) is 5.75 Å². The van der Waals surface area contributed by atoms with Crippen LogP contribution in [-0.2, 0) is 0 Å². The smallest absolute Gasteiger partial charge is 0.165 e. The molecule has 1 rings (SSSR count). The molecule has 0 heterocycles. The molecule has 0 atom stereocenters. The molecule has 0 unspecified atom stereocenters. The van der Waals surface area contributed by atoms with Crippen LogP contribution in [0.1, 0.15) is 30.1 Å². The third-order valence-corrected chi connectivity index (χ3v) is 1.85.